The summed E-state index contributed by atoms with van der Waals surface area (Å²) in [4.78, 5) is 4.36. The molecule has 2 aromatic heterocycles. The van der Waals surface area contributed by atoms with Crippen LogP contribution in [0.2, 0.25) is 5.02 Å². The quantitative estimate of drug-likeness (QED) is 0.415. The molecule has 0 radical (unpaired) electrons. The van der Waals surface area contributed by atoms with Gasteiger partial charge in [-0.1, -0.05) is 41.0 Å². The summed E-state index contributed by atoms with van der Waals surface area (Å²) in [6, 6.07) is 15.2. The minimum atomic E-state index is -3.76. The third kappa shape index (κ3) is 3.96. The zero-order valence-electron chi connectivity index (χ0n) is 16.1. The molecule has 4 aromatic rings. The Kier molecular flexibility index (Phi) is 5.36. The summed E-state index contributed by atoms with van der Waals surface area (Å²) in [7, 11) is -2.36. The highest BCUT2D eigenvalue weighted by Gasteiger charge is 2.23. The molecule has 0 fully saturated rings. The van der Waals surface area contributed by atoms with Gasteiger partial charge in [0, 0.05) is 10.6 Å². The molecule has 0 amide bonds. The van der Waals surface area contributed by atoms with Gasteiger partial charge in [-0.2, -0.15) is 4.98 Å². The van der Waals surface area contributed by atoms with E-state index in [2.05, 4.69) is 10.1 Å². The number of aromatic nitrogens is 2. The van der Waals surface area contributed by atoms with Gasteiger partial charge >= 0.3 is 0 Å². The zero-order valence-corrected chi connectivity index (χ0v) is 17.7. The van der Waals surface area contributed by atoms with Crippen molar-refractivity contribution in [3.8, 4) is 28.8 Å². The van der Waals surface area contributed by atoms with Crippen molar-refractivity contribution in [1.29, 1.82) is 0 Å². The van der Waals surface area contributed by atoms with E-state index < -0.39 is 9.84 Å². The van der Waals surface area contributed by atoms with Crippen molar-refractivity contribution in [2.24, 2.45) is 0 Å². The molecule has 0 atom stereocenters. The van der Waals surface area contributed by atoms with Crippen LogP contribution in [0.5, 0.6) is 5.75 Å². The molecule has 0 spiro atoms. The second-order valence-corrected chi connectivity index (χ2v) is 8.95. The first-order chi connectivity index (χ1) is 14.4. The fourth-order valence-electron chi connectivity index (χ4n) is 2.99. The van der Waals surface area contributed by atoms with Gasteiger partial charge in [0.15, 0.2) is 15.6 Å². The molecule has 0 aliphatic carbocycles. The van der Waals surface area contributed by atoms with Gasteiger partial charge in [-0.15, -0.1) is 0 Å². The van der Waals surface area contributed by atoms with E-state index in [4.69, 9.17) is 25.3 Å². The lowest BCUT2D eigenvalue weighted by Crippen LogP contribution is -2.06. The molecule has 0 bridgehead atoms. The van der Waals surface area contributed by atoms with Gasteiger partial charge < -0.3 is 13.7 Å². The van der Waals surface area contributed by atoms with E-state index in [9.17, 15) is 8.42 Å². The average molecular weight is 445 g/mol. The molecule has 2 aromatic carbocycles. The van der Waals surface area contributed by atoms with E-state index in [1.54, 1.807) is 18.2 Å². The maximum atomic E-state index is 12.9. The molecule has 0 aliphatic heterocycles. The molecular formula is C21H17ClN2O5S. The van der Waals surface area contributed by atoms with Crippen molar-refractivity contribution in [3.63, 3.8) is 0 Å². The highest BCUT2D eigenvalue weighted by molar-refractivity contribution is 7.90. The first kappa shape index (κ1) is 20.2. The Morgan fingerprint density at radius 3 is 2.67 bits per heavy atom. The first-order valence-corrected chi connectivity index (χ1v) is 11.0. The Morgan fingerprint density at radius 1 is 1.10 bits per heavy atom. The molecule has 0 saturated heterocycles. The van der Waals surface area contributed by atoms with E-state index >= 15 is 0 Å². The summed E-state index contributed by atoms with van der Waals surface area (Å²) in [6.45, 7) is 1.95. The maximum absolute atomic E-state index is 12.9. The number of benzene rings is 2. The molecule has 4 rings (SSSR count). The summed E-state index contributed by atoms with van der Waals surface area (Å²) >= 11 is 5.96. The predicted octanol–water partition coefficient (Wildman–Crippen LogP) is 4.94. The third-order valence-electron chi connectivity index (χ3n) is 4.48. The molecular weight excluding hydrogens is 428 g/mol. The molecule has 7 nitrogen and oxygen atoms in total. The third-order valence-corrected chi connectivity index (χ3v) is 6.37. The van der Waals surface area contributed by atoms with E-state index in [1.807, 2.05) is 31.2 Å². The van der Waals surface area contributed by atoms with E-state index in [-0.39, 0.29) is 33.8 Å². The number of methoxy groups -OCH3 is 1. The summed E-state index contributed by atoms with van der Waals surface area (Å²) in [5.74, 6) is 0.941. The number of sulfone groups is 1. The van der Waals surface area contributed by atoms with Crippen molar-refractivity contribution < 1.29 is 22.1 Å². The summed E-state index contributed by atoms with van der Waals surface area (Å²) < 4.78 is 41.8. The molecule has 154 valence electrons. The minimum Gasteiger partial charge on any atom is -0.495 e. The standard InChI is InChI=1S/C21H17ClN2O5S/c1-13-5-3-4-6-16(13)20-23-21(29-24-20)18-10-8-15(28-18)12-30(25,26)19-11-14(22)7-9-17(19)27-2/h3-11H,12H2,1-2H3. The lowest BCUT2D eigenvalue weighted by Gasteiger charge is -2.09. The number of nitrogens with zero attached hydrogens (tertiary/aromatic N) is 2. The summed E-state index contributed by atoms with van der Waals surface area (Å²) in [5.41, 5.74) is 1.85. The maximum Gasteiger partial charge on any atom is 0.293 e. The van der Waals surface area contributed by atoms with Crippen LogP contribution in [0.15, 0.2) is 68.4 Å². The Labute approximate surface area is 178 Å². The highest BCUT2D eigenvalue weighted by atomic mass is 35.5. The fraction of sp³-hybridized carbons (Fsp3) is 0.143. The number of hydrogen-bond donors (Lipinski definition) is 0. The number of rotatable bonds is 6. The lowest BCUT2D eigenvalue weighted by atomic mass is 10.1. The van der Waals surface area contributed by atoms with Crippen molar-refractivity contribution in [1.82, 2.24) is 10.1 Å². The van der Waals surface area contributed by atoms with Crippen LogP contribution in [0, 0.1) is 6.92 Å². The number of aryl methyl sites for hydroxylation is 1. The van der Waals surface area contributed by atoms with Crippen LogP contribution in [-0.2, 0) is 15.6 Å². The van der Waals surface area contributed by atoms with Gasteiger partial charge in [0.25, 0.3) is 5.89 Å². The fourth-order valence-corrected chi connectivity index (χ4v) is 4.67. The van der Waals surface area contributed by atoms with Gasteiger partial charge in [-0.3, -0.25) is 0 Å². The van der Waals surface area contributed by atoms with Crippen molar-refractivity contribution >= 4 is 21.4 Å². The molecule has 0 N–H and O–H groups in total. The van der Waals surface area contributed by atoms with E-state index in [0.29, 0.717) is 10.8 Å². The topological polar surface area (TPSA) is 95.4 Å². The van der Waals surface area contributed by atoms with E-state index in [0.717, 1.165) is 11.1 Å². The highest BCUT2D eigenvalue weighted by Crippen LogP contribution is 2.31. The summed E-state index contributed by atoms with van der Waals surface area (Å²) in [5, 5.41) is 4.29. The zero-order chi connectivity index (χ0) is 21.3. The Hall–Kier alpha value is -3.10. The van der Waals surface area contributed by atoms with Gasteiger partial charge in [-0.05, 0) is 42.8 Å². The Morgan fingerprint density at radius 2 is 1.90 bits per heavy atom. The first-order valence-electron chi connectivity index (χ1n) is 8.92. The van der Waals surface area contributed by atoms with Gasteiger partial charge in [0.2, 0.25) is 5.82 Å². The van der Waals surface area contributed by atoms with Crippen molar-refractivity contribution in [2.75, 3.05) is 7.11 Å². The molecule has 2 heterocycles. The number of furan rings is 1. The van der Waals surface area contributed by atoms with Gasteiger partial charge in [0.05, 0.1) is 7.11 Å². The number of ether oxygens (including phenoxy) is 1. The Balaban J connectivity index is 1.60. The van der Waals surface area contributed by atoms with Crippen LogP contribution in [0.1, 0.15) is 11.3 Å². The van der Waals surface area contributed by atoms with Crippen LogP contribution in [0.25, 0.3) is 23.0 Å². The molecule has 0 aliphatic rings. The molecule has 0 unspecified atom stereocenters. The molecule has 30 heavy (non-hydrogen) atoms. The molecule has 9 heteroatoms. The normalized spacial score (nSPS) is 11.6. The largest absolute Gasteiger partial charge is 0.495 e. The monoisotopic (exact) mass is 444 g/mol. The van der Waals surface area contributed by atoms with Crippen molar-refractivity contribution in [3.05, 3.63) is 70.9 Å². The predicted molar refractivity (Wildman–Crippen MR) is 111 cm³/mol. The molecule has 0 saturated carbocycles. The van der Waals surface area contributed by atoms with Crippen molar-refractivity contribution in [2.45, 2.75) is 17.6 Å². The smallest absolute Gasteiger partial charge is 0.293 e. The Bertz CT molecular complexity index is 1310. The number of hydrogen-bond acceptors (Lipinski definition) is 7. The van der Waals surface area contributed by atoms with Gasteiger partial charge in [0.1, 0.15) is 22.2 Å². The van der Waals surface area contributed by atoms with Crippen LogP contribution in [0.3, 0.4) is 0 Å². The van der Waals surface area contributed by atoms with Gasteiger partial charge in [-0.25, -0.2) is 8.42 Å². The summed E-state index contributed by atoms with van der Waals surface area (Å²) in [6.07, 6.45) is 0. The minimum absolute atomic E-state index is 0.00456. The van der Waals surface area contributed by atoms with Crippen LogP contribution in [-0.4, -0.2) is 25.7 Å². The van der Waals surface area contributed by atoms with Crippen LogP contribution >= 0.6 is 11.6 Å². The lowest BCUT2D eigenvalue weighted by molar-refractivity contribution is 0.402. The second kappa shape index (κ2) is 7.97. The van der Waals surface area contributed by atoms with E-state index in [1.165, 1.54) is 19.2 Å². The number of halogens is 1. The average Bonchev–Trinajstić information content (AvgIpc) is 3.37. The SMILES string of the molecule is COc1ccc(Cl)cc1S(=O)(=O)Cc1ccc(-c2nc(-c3ccccc3C)no2)o1. The second-order valence-electron chi connectivity index (χ2n) is 6.56. The van der Waals surface area contributed by atoms with Crippen LogP contribution in [0.4, 0.5) is 0 Å². The van der Waals surface area contributed by atoms with Crippen LogP contribution < -0.4 is 4.74 Å².